The average Bonchev–Trinajstić information content (AvgIpc) is 2.71. The zero-order chi connectivity index (χ0) is 9.10. The van der Waals surface area contributed by atoms with Gasteiger partial charge >= 0.3 is 0 Å². The van der Waals surface area contributed by atoms with Crippen LogP contribution in [0.15, 0.2) is 5.51 Å². The molecule has 13 heavy (non-hydrogen) atoms. The Kier molecular flexibility index (Phi) is 2.75. The van der Waals surface area contributed by atoms with Crippen LogP contribution in [-0.4, -0.2) is 47.0 Å². The first kappa shape index (κ1) is 8.90. The lowest BCUT2D eigenvalue weighted by atomic mass is 10.3. The molecule has 0 N–H and O–H groups in total. The van der Waals surface area contributed by atoms with E-state index in [1.165, 1.54) is 11.5 Å². The molecule has 0 aliphatic carbocycles. The second-order valence-electron chi connectivity index (χ2n) is 3.15. The summed E-state index contributed by atoms with van der Waals surface area (Å²) in [5, 5.41) is 0. The molecule has 0 atom stereocenters. The Hall–Kier alpha value is -0.680. The Bertz CT molecular complexity index is 241. The SMILES string of the molecule is CCN1CCN(c2ncsn2)CC1. The number of hydrogen-bond acceptors (Lipinski definition) is 5. The van der Waals surface area contributed by atoms with Crippen molar-refractivity contribution in [2.45, 2.75) is 6.92 Å². The number of anilines is 1. The molecule has 0 radical (unpaired) electrons. The number of nitrogens with zero attached hydrogens (tertiary/aromatic N) is 4. The number of aromatic nitrogens is 2. The molecule has 4 nitrogen and oxygen atoms in total. The van der Waals surface area contributed by atoms with Crippen molar-refractivity contribution in [1.82, 2.24) is 14.3 Å². The van der Waals surface area contributed by atoms with Crippen molar-refractivity contribution in [3.8, 4) is 0 Å². The normalized spacial score (nSPS) is 19.3. The minimum Gasteiger partial charge on any atom is -0.338 e. The van der Waals surface area contributed by atoms with Gasteiger partial charge in [-0.2, -0.15) is 4.37 Å². The molecule has 0 unspecified atom stereocenters. The summed E-state index contributed by atoms with van der Waals surface area (Å²) in [6.45, 7) is 7.75. The molecule has 72 valence electrons. The van der Waals surface area contributed by atoms with Crippen LogP contribution in [0.1, 0.15) is 6.92 Å². The predicted octanol–water partition coefficient (Wildman–Crippen LogP) is 0.680. The zero-order valence-corrected chi connectivity index (χ0v) is 8.63. The highest BCUT2D eigenvalue weighted by Crippen LogP contribution is 2.11. The first-order valence-electron chi connectivity index (χ1n) is 4.64. The van der Waals surface area contributed by atoms with Gasteiger partial charge in [-0.25, -0.2) is 4.98 Å². The highest BCUT2D eigenvalue weighted by Gasteiger charge is 2.17. The molecule has 1 saturated heterocycles. The summed E-state index contributed by atoms with van der Waals surface area (Å²) in [5.74, 6) is 0.903. The quantitative estimate of drug-likeness (QED) is 0.699. The fraction of sp³-hybridized carbons (Fsp3) is 0.750. The van der Waals surface area contributed by atoms with Crippen molar-refractivity contribution in [1.29, 1.82) is 0 Å². The molecule has 5 heteroatoms. The van der Waals surface area contributed by atoms with E-state index in [4.69, 9.17) is 0 Å². The van der Waals surface area contributed by atoms with Gasteiger partial charge in [0.25, 0.3) is 0 Å². The molecule has 0 amide bonds. The van der Waals surface area contributed by atoms with Gasteiger partial charge in [0.1, 0.15) is 5.51 Å². The third-order valence-corrected chi connectivity index (χ3v) is 2.92. The highest BCUT2D eigenvalue weighted by molar-refractivity contribution is 7.03. The lowest BCUT2D eigenvalue weighted by Gasteiger charge is -2.33. The molecule has 0 saturated carbocycles. The highest BCUT2D eigenvalue weighted by atomic mass is 32.1. The Morgan fingerprint density at radius 2 is 2.15 bits per heavy atom. The van der Waals surface area contributed by atoms with E-state index in [-0.39, 0.29) is 0 Å². The van der Waals surface area contributed by atoms with E-state index in [1.807, 2.05) is 0 Å². The molecule has 1 aromatic heterocycles. The summed E-state index contributed by atoms with van der Waals surface area (Å²) in [6.07, 6.45) is 0. The predicted molar refractivity (Wildman–Crippen MR) is 54.2 cm³/mol. The lowest BCUT2D eigenvalue weighted by molar-refractivity contribution is 0.270. The van der Waals surface area contributed by atoms with Crippen molar-refractivity contribution < 1.29 is 0 Å². The van der Waals surface area contributed by atoms with E-state index in [0.29, 0.717) is 0 Å². The summed E-state index contributed by atoms with van der Waals surface area (Å²) in [5.41, 5.74) is 1.79. The fourth-order valence-electron chi connectivity index (χ4n) is 1.57. The summed E-state index contributed by atoms with van der Waals surface area (Å²) in [7, 11) is 0. The van der Waals surface area contributed by atoms with Gasteiger partial charge in [0.2, 0.25) is 5.95 Å². The third kappa shape index (κ3) is 1.97. The number of piperazine rings is 1. The third-order valence-electron chi connectivity index (χ3n) is 2.45. The van der Waals surface area contributed by atoms with Crippen molar-refractivity contribution in [2.24, 2.45) is 0 Å². The van der Waals surface area contributed by atoms with Gasteiger partial charge < -0.3 is 9.80 Å². The molecule has 0 aromatic carbocycles. The van der Waals surface area contributed by atoms with E-state index in [0.717, 1.165) is 38.7 Å². The maximum atomic E-state index is 4.23. The van der Waals surface area contributed by atoms with Crippen LogP contribution in [0, 0.1) is 0 Å². The van der Waals surface area contributed by atoms with E-state index in [2.05, 4.69) is 26.1 Å². The molecule has 2 heterocycles. The van der Waals surface area contributed by atoms with Crippen LogP contribution in [-0.2, 0) is 0 Å². The number of likely N-dealkylation sites (N-methyl/N-ethyl adjacent to an activating group) is 1. The zero-order valence-electron chi connectivity index (χ0n) is 7.81. The molecule has 2 rings (SSSR count). The van der Waals surface area contributed by atoms with Crippen LogP contribution in [0.4, 0.5) is 5.95 Å². The number of rotatable bonds is 2. The maximum absolute atomic E-state index is 4.23. The summed E-state index contributed by atoms with van der Waals surface area (Å²) >= 11 is 1.42. The van der Waals surface area contributed by atoms with Crippen molar-refractivity contribution in [3.63, 3.8) is 0 Å². The summed E-state index contributed by atoms with van der Waals surface area (Å²) in [6, 6.07) is 0. The molecule has 1 fully saturated rings. The second-order valence-corrected chi connectivity index (χ2v) is 3.76. The van der Waals surface area contributed by atoms with Gasteiger partial charge in [0, 0.05) is 26.2 Å². The molecule has 1 aromatic rings. The van der Waals surface area contributed by atoms with Crippen LogP contribution in [0.25, 0.3) is 0 Å². The standard InChI is InChI=1S/C8H14N4S/c1-2-11-3-5-12(6-4-11)8-9-7-13-10-8/h7H,2-6H2,1H3. The Balaban J connectivity index is 1.92. The maximum Gasteiger partial charge on any atom is 0.237 e. The average molecular weight is 198 g/mol. The Morgan fingerprint density at radius 1 is 1.38 bits per heavy atom. The smallest absolute Gasteiger partial charge is 0.237 e. The summed E-state index contributed by atoms with van der Waals surface area (Å²) < 4.78 is 4.23. The van der Waals surface area contributed by atoms with Crippen LogP contribution < -0.4 is 4.90 Å². The van der Waals surface area contributed by atoms with Crippen molar-refractivity contribution >= 4 is 17.5 Å². The topological polar surface area (TPSA) is 32.3 Å². The molecular weight excluding hydrogens is 184 g/mol. The van der Waals surface area contributed by atoms with Gasteiger partial charge in [-0.3, -0.25) is 0 Å². The monoisotopic (exact) mass is 198 g/mol. The van der Waals surface area contributed by atoms with E-state index >= 15 is 0 Å². The second kappa shape index (κ2) is 4.02. The largest absolute Gasteiger partial charge is 0.338 e. The number of hydrogen-bond donors (Lipinski definition) is 0. The summed E-state index contributed by atoms with van der Waals surface area (Å²) in [4.78, 5) is 8.91. The van der Waals surface area contributed by atoms with E-state index in [9.17, 15) is 0 Å². The molecular formula is C8H14N4S. The van der Waals surface area contributed by atoms with Crippen molar-refractivity contribution in [3.05, 3.63) is 5.51 Å². The van der Waals surface area contributed by atoms with Crippen LogP contribution in [0.3, 0.4) is 0 Å². The first-order chi connectivity index (χ1) is 6.40. The minimum atomic E-state index is 0.903. The lowest BCUT2D eigenvalue weighted by Crippen LogP contribution is -2.46. The van der Waals surface area contributed by atoms with Crippen LogP contribution in [0.5, 0.6) is 0 Å². The van der Waals surface area contributed by atoms with Crippen molar-refractivity contribution in [2.75, 3.05) is 37.6 Å². The molecule has 1 aliphatic rings. The van der Waals surface area contributed by atoms with E-state index in [1.54, 1.807) is 5.51 Å². The Morgan fingerprint density at radius 3 is 2.69 bits per heavy atom. The first-order valence-corrected chi connectivity index (χ1v) is 5.47. The molecule has 0 spiro atoms. The minimum absolute atomic E-state index is 0.903. The van der Waals surface area contributed by atoms with Crippen LogP contribution in [0.2, 0.25) is 0 Å². The van der Waals surface area contributed by atoms with Gasteiger partial charge in [-0.1, -0.05) is 6.92 Å². The molecule has 0 bridgehead atoms. The van der Waals surface area contributed by atoms with Crippen LogP contribution >= 0.6 is 11.5 Å². The van der Waals surface area contributed by atoms with Gasteiger partial charge in [0.15, 0.2) is 0 Å². The van der Waals surface area contributed by atoms with E-state index < -0.39 is 0 Å². The van der Waals surface area contributed by atoms with Gasteiger partial charge in [-0.15, -0.1) is 0 Å². The Labute approximate surface area is 82.4 Å². The van der Waals surface area contributed by atoms with Gasteiger partial charge in [-0.05, 0) is 18.1 Å². The fourth-order valence-corrected chi connectivity index (χ4v) is 2.01. The van der Waals surface area contributed by atoms with Gasteiger partial charge in [0.05, 0.1) is 0 Å². The molecule has 1 aliphatic heterocycles.